The zero-order chi connectivity index (χ0) is 13.3. The van der Waals surface area contributed by atoms with E-state index in [1.165, 1.54) is 0 Å². The third-order valence-corrected chi connectivity index (χ3v) is 5.04. The van der Waals surface area contributed by atoms with E-state index < -0.39 is 0 Å². The van der Waals surface area contributed by atoms with Crippen molar-refractivity contribution in [1.82, 2.24) is 5.32 Å². The number of hydrogen-bond acceptors (Lipinski definition) is 3. The molecule has 96 valence electrons. The maximum absolute atomic E-state index is 12.1. The molecular formula is C12H11Br2NO2S. The second-order valence-corrected chi connectivity index (χ2v) is 7.13. The normalized spacial score (nSPS) is 10.7. The fourth-order valence-electron chi connectivity index (χ4n) is 1.62. The van der Waals surface area contributed by atoms with Gasteiger partial charge in [-0.25, -0.2) is 0 Å². The third-order valence-electron chi connectivity index (χ3n) is 2.47. The van der Waals surface area contributed by atoms with Crippen molar-refractivity contribution in [3.05, 3.63) is 42.4 Å². The number of amides is 1. The minimum absolute atomic E-state index is 0.124. The molecule has 0 bridgehead atoms. The largest absolute Gasteiger partial charge is 0.465 e. The quantitative estimate of drug-likeness (QED) is 0.840. The summed E-state index contributed by atoms with van der Waals surface area (Å²) in [6.45, 7) is 4.13. The van der Waals surface area contributed by atoms with E-state index >= 15 is 0 Å². The zero-order valence-corrected chi connectivity index (χ0v) is 13.8. The first-order valence-corrected chi connectivity index (χ1v) is 7.67. The van der Waals surface area contributed by atoms with E-state index in [0.29, 0.717) is 17.9 Å². The molecule has 0 saturated carbocycles. The topological polar surface area (TPSA) is 42.2 Å². The third kappa shape index (κ3) is 2.87. The lowest BCUT2D eigenvalue weighted by molar-refractivity contribution is 0.0949. The van der Waals surface area contributed by atoms with Crippen LogP contribution in [0.5, 0.6) is 0 Å². The van der Waals surface area contributed by atoms with Gasteiger partial charge in [0.25, 0.3) is 5.91 Å². The summed E-state index contributed by atoms with van der Waals surface area (Å²) in [6.07, 6.45) is 0. The van der Waals surface area contributed by atoms with Crippen molar-refractivity contribution in [2.24, 2.45) is 0 Å². The second kappa shape index (κ2) is 5.59. The molecule has 0 radical (unpaired) electrons. The fraction of sp³-hybridized carbons (Fsp3) is 0.250. The van der Waals surface area contributed by atoms with Crippen LogP contribution in [0.2, 0.25) is 0 Å². The Hall–Kier alpha value is -0.590. The van der Waals surface area contributed by atoms with Crippen molar-refractivity contribution < 1.29 is 9.21 Å². The number of carbonyl (C=O) groups excluding carboxylic acids is 1. The van der Waals surface area contributed by atoms with E-state index in [1.54, 1.807) is 18.3 Å². The summed E-state index contributed by atoms with van der Waals surface area (Å²) in [6, 6.07) is 3.95. The van der Waals surface area contributed by atoms with Gasteiger partial charge in [-0.05, 0) is 57.8 Å². The lowest BCUT2D eigenvalue weighted by atomic mass is 10.2. The number of hydrogen-bond donors (Lipinski definition) is 1. The maximum atomic E-state index is 12.1. The number of furan rings is 1. The van der Waals surface area contributed by atoms with Crippen molar-refractivity contribution in [2.45, 2.75) is 20.4 Å². The number of thiophene rings is 1. The van der Waals surface area contributed by atoms with E-state index in [1.807, 2.05) is 19.1 Å². The van der Waals surface area contributed by atoms with Crippen LogP contribution in [0.4, 0.5) is 0 Å². The van der Waals surface area contributed by atoms with Crippen LogP contribution < -0.4 is 5.32 Å². The Morgan fingerprint density at radius 3 is 2.56 bits per heavy atom. The molecule has 18 heavy (non-hydrogen) atoms. The average molecular weight is 393 g/mol. The number of nitrogens with one attached hydrogen (secondary N) is 1. The average Bonchev–Trinajstić information content (AvgIpc) is 2.82. The highest BCUT2D eigenvalue weighted by molar-refractivity contribution is 9.11. The van der Waals surface area contributed by atoms with Gasteiger partial charge in [0.05, 0.1) is 20.4 Å². The molecule has 0 atom stereocenters. The van der Waals surface area contributed by atoms with Crippen LogP contribution >= 0.6 is 43.2 Å². The number of carbonyl (C=O) groups is 1. The molecule has 2 rings (SSSR count). The van der Waals surface area contributed by atoms with Gasteiger partial charge >= 0.3 is 0 Å². The van der Waals surface area contributed by atoms with E-state index in [0.717, 1.165) is 18.9 Å². The summed E-state index contributed by atoms with van der Waals surface area (Å²) in [5.41, 5.74) is 0.572. The highest BCUT2D eigenvalue weighted by Gasteiger charge is 2.19. The highest BCUT2D eigenvalue weighted by Crippen LogP contribution is 2.27. The molecule has 0 spiro atoms. The summed E-state index contributed by atoms with van der Waals surface area (Å²) in [5, 5.41) is 2.88. The molecule has 2 aromatic heterocycles. The molecule has 3 nitrogen and oxygen atoms in total. The SMILES string of the molecule is Cc1oc(C)c(C(=O)NCc2ccc(Br)s2)c1Br. The summed E-state index contributed by atoms with van der Waals surface area (Å²) in [5.74, 6) is 1.22. The molecular weight excluding hydrogens is 382 g/mol. The summed E-state index contributed by atoms with van der Waals surface area (Å²) in [4.78, 5) is 13.2. The second-order valence-electron chi connectivity index (χ2n) is 3.79. The van der Waals surface area contributed by atoms with Gasteiger partial charge in [0.2, 0.25) is 0 Å². The Morgan fingerprint density at radius 2 is 2.06 bits per heavy atom. The molecule has 1 N–H and O–H groups in total. The van der Waals surface area contributed by atoms with E-state index in [4.69, 9.17) is 4.42 Å². The van der Waals surface area contributed by atoms with Crippen LogP contribution in [0.3, 0.4) is 0 Å². The van der Waals surface area contributed by atoms with E-state index in [2.05, 4.69) is 37.2 Å². The molecule has 0 saturated heterocycles. The van der Waals surface area contributed by atoms with Gasteiger partial charge in [0, 0.05) is 4.88 Å². The molecule has 0 aromatic carbocycles. The lowest BCUT2D eigenvalue weighted by Gasteiger charge is -2.03. The predicted octanol–water partition coefficient (Wildman–Crippen LogP) is 4.41. The smallest absolute Gasteiger partial charge is 0.256 e. The van der Waals surface area contributed by atoms with Crippen molar-refractivity contribution in [3.8, 4) is 0 Å². The van der Waals surface area contributed by atoms with Gasteiger partial charge in [-0.1, -0.05) is 0 Å². The van der Waals surface area contributed by atoms with Crippen LogP contribution in [-0.4, -0.2) is 5.91 Å². The molecule has 0 unspecified atom stereocenters. The van der Waals surface area contributed by atoms with Crippen LogP contribution in [0.25, 0.3) is 0 Å². The van der Waals surface area contributed by atoms with Gasteiger partial charge in [-0.2, -0.15) is 0 Å². The predicted molar refractivity (Wildman–Crippen MR) is 79.1 cm³/mol. The van der Waals surface area contributed by atoms with Gasteiger partial charge < -0.3 is 9.73 Å². The van der Waals surface area contributed by atoms with Crippen molar-refractivity contribution >= 4 is 49.1 Å². The summed E-state index contributed by atoms with van der Waals surface area (Å²) in [7, 11) is 0. The highest BCUT2D eigenvalue weighted by atomic mass is 79.9. The van der Waals surface area contributed by atoms with Gasteiger partial charge in [0.1, 0.15) is 11.5 Å². The minimum Gasteiger partial charge on any atom is -0.465 e. The van der Waals surface area contributed by atoms with Gasteiger partial charge in [0.15, 0.2) is 0 Å². The van der Waals surface area contributed by atoms with Gasteiger partial charge in [-0.3, -0.25) is 4.79 Å². The Labute approximate surface area is 126 Å². The van der Waals surface area contributed by atoms with Crippen LogP contribution in [0.15, 0.2) is 24.8 Å². The molecule has 0 aliphatic carbocycles. The first-order chi connectivity index (χ1) is 8.49. The fourth-order valence-corrected chi connectivity index (χ4v) is 3.58. The molecule has 2 heterocycles. The molecule has 0 aliphatic rings. The Morgan fingerprint density at radius 1 is 1.33 bits per heavy atom. The van der Waals surface area contributed by atoms with Gasteiger partial charge in [-0.15, -0.1) is 11.3 Å². The first-order valence-electron chi connectivity index (χ1n) is 5.27. The Bertz CT molecular complexity index is 589. The monoisotopic (exact) mass is 391 g/mol. The summed E-state index contributed by atoms with van der Waals surface area (Å²) < 4.78 is 7.20. The Balaban J connectivity index is 2.08. The summed E-state index contributed by atoms with van der Waals surface area (Å²) >= 11 is 8.37. The molecule has 2 aromatic rings. The van der Waals surface area contributed by atoms with Crippen LogP contribution in [0.1, 0.15) is 26.8 Å². The maximum Gasteiger partial charge on any atom is 0.256 e. The first kappa shape index (κ1) is 13.8. The molecule has 6 heteroatoms. The molecule has 0 fully saturated rings. The number of aryl methyl sites for hydroxylation is 2. The standard InChI is InChI=1S/C12H11Br2NO2S/c1-6-10(11(14)7(2)17-6)12(16)15-5-8-3-4-9(13)18-8/h3-4H,5H2,1-2H3,(H,15,16). The van der Waals surface area contributed by atoms with Crippen molar-refractivity contribution in [1.29, 1.82) is 0 Å². The lowest BCUT2D eigenvalue weighted by Crippen LogP contribution is -2.22. The van der Waals surface area contributed by atoms with Crippen molar-refractivity contribution in [2.75, 3.05) is 0 Å². The van der Waals surface area contributed by atoms with Crippen molar-refractivity contribution in [3.63, 3.8) is 0 Å². The minimum atomic E-state index is -0.124. The Kier molecular flexibility index (Phi) is 4.29. The molecule has 0 aliphatic heterocycles. The number of halogens is 2. The van der Waals surface area contributed by atoms with E-state index in [9.17, 15) is 4.79 Å². The van der Waals surface area contributed by atoms with Crippen LogP contribution in [-0.2, 0) is 6.54 Å². The van der Waals surface area contributed by atoms with E-state index in [-0.39, 0.29) is 5.91 Å². The molecule has 1 amide bonds. The zero-order valence-electron chi connectivity index (χ0n) is 9.84. The van der Waals surface area contributed by atoms with Crippen LogP contribution in [0, 0.1) is 13.8 Å². The number of rotatable bonds is 3.